The third-order valence-electron chi connectivity index (χ3n) is 7.18. The molecule has 0 bridgehead atoms. The van der Waals surface area contributed by atoms with Crippen molar-refractivity contribution in [3.8, 4) is 11.5 Å². The molecule has 0 N–H and O–H groups in total. The number of carbonyl (C=O) groups is 1. The van der Waals surface area contributed by atoms with E-state index in [-0.39, 0.29) is 11.9 Å². The number of likely N-dealkylation sites (tertiary alicyclic amines) is 1. The van der Waals surface area contributed by atoms with E-state index in [2.05, 4.69) is 62.1 Å². The van der Waals surface area contributed by atoms with Crippen LogP contribution in [0, 0.1) is 12.8 Å². The molecule has 0 unspecified atom stereocenters. The molecule has 1 saturated heterocycles. The quantitative estimate of drug-likeness (QED) is 0.385. The SMILES string of the molecule is COc1cc(CN2C[C@@H](CN(C(=O)c3ccccc3)C(C)C)[C@H](c3ccc(C)cc3)C2)cc(OC)c1. The highest BCUT2D eigenvalue weighted by molar-refractivity contribution is 5.94. The molecule has 0 aromatic heterocycles. The van der Waals surface area contributed by atoms with Crippen molar-refractivity contribution in [3.05, 3.63) is 95.1 Å². The molecule has 36 heavy (non-hydrogen) atoms. The summed E-state index contributed by atoms with van der Waals surface area (Å²) in [6.45, 7) is 9.73. The van der Waals surface area contributed by atoms with Gasteiger partial charge in [0.15, 0.2) is 0 Å². The van der Waals surface area contributed by atoms with Gasteiger partial charge in [-0.25, -0.2) is 0 Å². The highest BCUT2D eigenvalue weighted by Gasteiger charge is 2.36. The average molecular weight is 487 g/mol. The molecule has 1 aliphatic rings. The highest BCUT2D eigenvalue weighted by atomic mass is 16.5. The maximum atomic E-state index is 13.5. The van der Waals surface area contributed by atoms with Crippen LogP contribution in [0.3, 0.4) is 0 Å². The van der Waals surface area contributed by atoms with Gasteiger partial charge in [0, 0.05) is 49.8 Å². The molecule has 0 saturated carbocycles. The van der Waals surface area contributed by atoms with Gasteiger partial charge in [-0.15, -0.1) is 0 Å². The van der Waals surface area contributed by atoms with E-state index in [1.165, 1.54) is 11.1 Å². The third-order valence-corrected chi connectivity index (χ3v) is 7.18. The van der Waals surface area contributed by atoms with Gasteiger partial charge in [0.1, 0.15) is 11.5 Å². The Labute approximate surface area is 215 Å². The van der Waals surface area contributed by atoms with Crippen molar-refractivity contribution in [3.63, 3.8) is 0 Å². The molecule has 3 aromatic carbocycles. The molecular formula is C31H38N2O3. The molecule has 1 amide bonds. The zero-order chi connectivity index (χ0) is 25.7. The van der Waals surface area contributed by atoms with Gasteiger partial charge >= 0.3 is 0 Å². The summed E-state index contributed by atoms with van der Waals surface area (Å²) in [7, 11) is 3.37. The van der Waals surface area contributed by atoms with Crippen LogP contribution in [-0.2, 0) is 6.54 Å². The Hall–Kier alpha value is -3.31. The lowest BCUT2D eigenvalue weighted by Gasteiger charge is -2.32. The van der Waals surface area contributed by atoms with Gasteiger partial charge in [-0.2, -0.15) is 0 Å². The molecule has 1 heterocycles. The maximum absolute atomic E-state index is 13.5. The minimum atomic E-state index is 0.101. The number of carbonyl (C=O) groups excluding carboxylic acids is 1. The van der Waals surface area contributed by atoms with E-state index in [0.717, 1.165) is 48.8 Å². The maximum Gasteiger partial charge on any atom is 0.254 e. The Morgan fingerprint density at radius 3 is 2.17 bits per heavy atom. The van der Waals surface area contributed by atoms with Crippen molar-refractivity contribution in [2.24, 2.45) is 5.92 Å². The van der Waals surface area contributed by atoms with Crippen molar-refractivity contribution >= 4 is 5.91 Å². The van der Waals surface area contributed by atoms with Gasteiger partial charge in [-0.1, -0.05) is 48.0 Å². The fourth-order valence-corrected chi connectivity index (χ4v) is 5.21. The predicted octanol–water partition coefficient (Wildman–Crippen LogP) is 5.78. The monoisotopic (exact) mass is 486 g/mol. The first-order valence-electron chi connectivity index (χ1n) is 12.7. The average Bonchev–Trinajstić information content (AvgIpc) is 3.29. The fourth-order valence-electron chi connectivity index (χ4n) is 5.21. The fraction of sp³-hybridized carbons (Fsp3) is 0.387. The first-order valence-corrected chi connectivity index (χ1v) is 12.7. The number of rotatable bonds is 9. The van der Waals surface area contributed by atoms with Gasteiger partial charge in [0.25, 0.3) is 5.91 Å². The normalized spacial score (nSPS) is 17.8. The Balaban J connectivity index is 1.59. The first-order chi connectivity index (χ1) is 17.4. The summed E-state index contributed by atoms with van der Waals surface area (Å²) in [4.78, 5) is 18.0. The summed E-state index contributed by atoms with van der Waals surface area (Å²) in [6.07, 6.45) is 0. The van der Waals surface area contributed by atoms with Gasteiger partial charge in [-0.3, -0.25) is 9.69 Å². The Kier molecular flexibility index (Phi) is 8.32. The van der Waals surface area contributed by atoms with E-state index in [1.807, 2.05) is 41.3 Å². The number of hydrogen-bond acceptors (Lipinski definition) is 4. The molecular weight excluding hydrogens is 448 g/mol. The van der Waals surface area contributed by atoms with Crippen LogP contribution in [0.2, 0.25) is 0 Å². The first kappa shape index (κ1) is 25.8. The largest absolute Gasteiger partial charge is 0.497 e. The molecule has 0 radical (unpaired) electrons. The third kappa shape index (κ3) is 6.08. The molecule has 4 rings (SSSR count). The summed E-state index contributed by atoms with van der Waals surface area (Å²) in [6, 6.07) is 24.7. The topological polar surface area (TPSA) is 42.0 Å². The van der Waals surface area contributed by atoms with Crippen molar-refractivity contribution < 1.29 is 14.3 Å². The van der Waals surface area contributed by atoms with Crippen LogP contribution < -0.4 is 9.47 Å². The number of methoxy groups -OCH3 is 2. The highest BCUT2D eigenvalue weighted by Crippen LogP contribution is 2.35. The minimum absolute atomic E-state index is 0.101. The minimum Gasteiger partial charge on any atom is -0.497 e. The summed E-state index contributed by atoms with van der Waals surface area (Å²) in [5, 5.41) is 0. The van der Waals surface area contributed by atoms with Crippen LogP contribution in [0.1, 0.15) is 46.8 Å². The second-order valence-corrected chi connectivity index (χ2v) is 10.1. The van der Waals surface area contributed by atoms with Crippen LogP contribution in [0.5, 0.6) is 11.5 Å². The molecule has 2 atom stereocenters. The van der Waals surface area contributed by atoms with Gasteiger partial charge in [0.2, 0.25) is 0 Å². The van der Waals surface area contributed by atoms with E-state index < -0.39 is 0 Å². The molecule has 190 valence electrons. The zero-order valence-corrected chi connectivity index (χ0v) is 22.1. The van der Waals surface area contributed by atoms with E-state index >= 15 is 0 Å². The Bertz CT molecular complexity index is 1120. The second-order valence-electron chi connectivity index (χ2n) is 10.1. The number of hydrogen-bond donors (Lipinski definition) is 0. The molecule has 5 nitrogen and oxygen atoms in total. The van der Waals surface area contributed by atoms with Crippen LogP contribution >= 0.6 is 0 Å². The van der Waals surface area contributed by atoms with E-state index in [0.29, 0.717) is 11.8 Å². The summed E-state index contributed by atoms with van der Waals surface area (Å²) in [5.74, 6) is 2.38. The Morgan fingerprint density at radius 2 is 1.58 bits per heavy atom. The van der Waals surface area contributed by atoms with Crippen molar-refractivity contribution in [1.82, 2.24) is 9.80 Å². The molecule has 5 heteroatoms. The molecule has 1 aliphatic heterocycles. The lowest BCUT2D eigenvalue weighted by Crippen LogP contribution is -2.42. The number of aryl methyl sites for hydroxylation is 1. The zero-order valence-electron chi connectivity index (χ0n) is 22.1. The smallest absolute Gasteiger partial charge is 0.254 e. The van der Waals surface area contributed by atoms with Crippen LogP contribution in [0.25, 0.3) is 0 Å². The van der Waals surface area contributed by atoms with Crippen LogP contribution in [0.4, 0.5) is 0 Å². The lowest BCUT2D eigenvalue weighted by molar-refractivity contribution is 0.0668. The molecule has 3 aromatic rings. The van der Waals surface area contributed by atoms with E-state index in [9.17, 15) is 4.79 Å². The molecule has 0 spiro atoms. The number of ether oxygens (including phenoxy) is 2. The van der Waals surface area contributed by atoms with Crippen LogP contribution in [-0.4, -0.2) is 55.6 Å². The summed E-state index contributed by atoms with van der Waals surface area (Å²) < 4.78 is 11.0. The van der Waals surface area contributed by atoms with E-state index in [1.54, 1.807) is 14.2 Å². The molecule has 1 fully saturated rings. The van der Waals surface area contributed by atoms with Crippen molar-refractivity contribution in [2.45, 2.75) is 39.3 Å². The van der Waals surface area contributed by atoms with E-state index in [4.69, 9.17) is 9.47 Å². The summed E-state index contributed by atoms with van der Waals surface area (Å²) >= 11 is 0. The van der Waals surface area contributed by atoms with Crippen molar-refractivity contribution in [1.29, 1.82) is 0 Å². The second kappa shape index (κ2) is 11.6. The molecule has 0 aliphatic carbocycles. The summed E-state index contributed by atoms with van der Waals surface area (Å²) in [5.41, 5.74) is 4.51. The standard InChI is InChI=1S/C31H38N2O3/c1-22(2)33(31(34)26-9-7-6-8-10-26)20-27-19-32(21-30(27)25-13-11-23(3)12-14-25)18-24-15-28(35-4)17-29(16-24)36-5/h6-17,22,27,30H,18-21H2,1-5H3/t27-,30-/m0/s1. The predicted molar refractivity (Wildman–Crippen MR) is 145 cm³/mol. The van der Waals surface area contributed by atoms with Gasteiger partial charge in [0.05, 0.1) is 14.2 Å². The number of amides is 1. The number of nitrogens with zero attached hydrogens (tertiary/aromatic N) is 2. The number of benzene rings is 3. The van der Waals surface area contributed by atoms with Gasteiger partial charge in [-0.05, 0) is 62.1 Å². The Morgan fingerprint density at radius 1 is 0.944 bits per heavy atom. The lowest BCUT2D eigenvalue weighted by atomic mass is 9.88. The van der Waals surface area contributed by atoms with Gasteiger partial charge < -0.3 is 14.4 Å². The van der Waals surface area contributed by atoms with Crippen molar-refractivity contribution in [2.75, 3.05) is 33.9 Å². The van der Waals surface area contributed by atoms with Crippen LogP contribution in [0.15, 0.2) is 72.8 Å².